The fraction of sp³-hybridized carbons (Fsp3) is 0.294. The van der Waals surface area contributed by atoms with Crippen LogP contribution < -0.4 is 0 Å². The summed E-state index contributed by atoms with van der Waals surface area (Å²) >= 11 is 0. The molecule has 0 radical (unpaired) electrons. The van der Waals surface area contributed by atoms with Crippen LogP contribution in [0.2, 0.25) is 0 Å². The predicted octanol–water partition coefficient (Wildman–Crippen LogP) is 1.58. The molecule has 1 aromatic carbocycles. The van der Waals surface area contributed by atoms with Crippen molar-refractivity contribution in [1.29, 1.82) is 0 Å². The number of aromatic nitrogens is 2. The Kier molecular flexibility index (Phi) is 3.23. The number of carbonyl (C=O) groups excluding carboxylic acids is 3. The van der Waals surface area contributed by atoms with Crippen LogP contribution in [0.3, 0.4) is 0 Å². The van der Waals surface area contributed by atoms with Gasteiger partial charge in [-0.1, -0.05) is 17.2 Å². The average Bonchev–Trinajstić information content (AvgIpc) is 3.08. The summed E-state index contributed by atoms with van der Waals surface area (Å²) in [5.74, 6) is -2.14. The summed E-state index contributed by atoms with van der Waals surface area (Å²) in [5.41, 5.74) is 3.44. The van der Waals surface area contributed by atoms with Crippen LogP contribution in [-0.4, -0.2) is 33.0 Å². The number of hydrogen-bond acceptors (Lipinski definition) is 5. The lowest BCUT2D eigenvalue weighted by Gasteiger charge is -2.22. The third kappa shape index (κ3) is 2.12. The molecule has 1 atom stereocenters. The van der Waals surface area contributed by atoms with E-state index in [2.05, 4.69) is 10.2 Å². The van der Waals surface area contributed by atoms with E-state index < -0.39 is 23.7 Å². The second-order valence-corrected chi connectivity index (χ2v) is 6.07. The molecule has 122 valence electrons. The van der Waals surface area contributed by atoms with Gasteiger partial charge < -0.3 is 4.84 Å². The van der Waals surface area contributed by atoms with Crippen molar-refractivity contribution in [1.82, 2.24) is 15.3 Å². The fourth-order valence-corrected chi connectivity index (χ4v) is 3.26. The van der Waals surface area contributed by atoms with Gasteiger partial charge in [0, 0.05) is 5.69 Å². The number of aromatic amines is 1. The number of nitrogens with one attached hydrogen (secondary N) is 1. The van der Waals surface area contributed by atoms with Crippen molar-refractivity contribution in [3.8, 4) is 0 Å². The van der Waals surface area contributed by atoms with Crippen LogP contribution >= 0.6 is 0 Å². The van der Waals surface area contributed by atoms with Crippen molar-refractivity contribution in [3.05, 3.63) is 52.3 Å². The number of amides is 2. The highest BCUT2D eigenvalue weighted by Crippen LogP contribution is 2.29. The largest absolute Gasteiger partial charge is 0.336 e. The predicted molar refractivity (Wildman–Crippen MR) is 81.9 cm³/mol. The molecule has 0 saturated heterocycles. The molecular formula is C17H15N3O4. The average molecular weight is 325 g/mol. The number of benzene rings is 1. The zero-order valence-corrected chi connectivity index (χ0v) is 13.0. The van der Waals surface area contributed by atoms with Crippen molar-refractivity contribution in [2.24, 2.45) is 5.92 Å². The zero-order chi connectivity index (χ0) is 16.8. The van der Waals surface area contributed by atoms with Gasteiger partial charge in [0.1, 0.15) is 0 Å². The van der Waals surface area contributed by atoms with Crippen LogP contribution in [0.1, 0.15) is 44.1 Å². The van der Waals surface area contributed by atoms with Gasteiger partial charge in [0.25, 0.3) is 11.8 Å². The smallest absolute Gasteiger partial charge is 0.329 e. The van der Waals surface area contributed by atoms with Crippen molar-refractivity contribution >= 4 is 17.8 Å². The Morgan fingerprint density at radius 2 is 1.92 bits per heavy atom. The number of H-pyrrole nitrogens is 1. The number of hydroxylamine groups is 2. The number of carbonyl (C=O) groups is 3. The van der Waals surface area contributed by atoms with E-state index in [9.17, 15) is 14.4 Å². The van der Waals surface area contributed by atoms with E-state index in [1.165, 1.54) is 0 Å². The van der Waals surface area contributed by atoms with Crippen molar-refractivity contribution < 1.29 is 19.2 Å². The highest BCUT2D eigenvalue weighted by molar-refractivity contribution is 6.20. The summed E-state index contributed by atoms with van der Waals surface area (Å²) in [6.45, 7) is 1.91. The Labute approximate surface area is 137 Å². The van der Waals surface area contributed by atoms with E-state index >= 15 is 0 Å². The van der Waals surface area contributed by atoms with Crippen molar-refractivity contribution in [2.45, 2.75) is 26.2 Å². The molecule has 24 heavy (non-hydrogen) atoms. The zero-order valence-electron chi connectivity index (χ0n) is 13.0. The van der Waals surface area contributed by atoms with Gasteiger partial charge in [0.2, 0.25) is 0 Å². The fourth-order valence-electron chi connectivity index (χ4n) is 3.26. The van der Waals surface area contributed by atoms with Crippen molar-refractivity contribution in [3.63, 3.8) is 0 Å². The van der Waals surface area contributed by atoms with Gasteiger partial charge in [-0.05, 0) is 43.9 Å². The maximum absolute atomic E-state index is 12.4. The van der Waals surface area contributed by atoms with Crippen LogP contribution in [0.25, 0.3) is 0 Å². The minimum absolute atomic E-state index is 0.256. The second kappa shape index (κ2) is 5.30. The summed E-state index contributed by atoms with van der Waals surface area (Å²) in [7, 11) is 0. The Morgan fingerprint density at radius 1 is 1.25 bits per heavy atom. The molecule has 4 rings (SSSR count). The first-order valence-corrected chi connectivity index (χ1v) is 7.78. The molecule has 2 aliphatic rings. The van der Waals surface area contributed by atoms with Gasteiger partial charge in [0.05, 0.1) is 22.7 Å². The third-order valence-electron chi connectivity index (χ3n) is 4.61. The molecule has 0 spiro atoms. The van der Waals surface area contributed by atoms with Crippen LogP contribution in [0, 0.1) is 12.8 Å². The Hall–Kier alpha value is -2.96. The highest BCUT2D eigenvalue weighted by Gasteiger charge is 2.40. The molecular weight excluding hydrogens is 310 g/mol. The first-order chi connectivity index (χ1) is 11.6. The van der Waals surface area contributed by atoms with Gasteiger partial charge in [-0.25, -0.2) is 4.79 Å². The lowest BCUT2D eigenvalue weighted by molar-refractivity contribution is -0.174. The molecule has 2 heterocycles. The molecule has 0 fully saturated rings. The summed E-state index contributed by atoms with van der Waals surface area (Å²) in [4.78, 5) is 42.1. The monoisotopic (exact) mass is 325 g/mol. The van der Waals surface area contributed by atoms with Gasteiger partial charge in [0.15, 0.2) is 0 Å². The van der Waals surface area contributed by atoms with Crippen molar-refractivity contribution in [2.75, 3.05) is 0 Å². The lowest BCUT2D eigenvalue weighted by Crippen LogP contribution is -2.36. The number of fused-ring (bicyclic) bond motifs is 2. The summed E-state index contributed by atoms with van der Waals surface area (Å²) in [6, 6.07) is 6.43. The Balaban J connectivity index is 1.51. The van der Waals surface area contributed by atoms with E-state index in [-0.39, 0.29) is 11.1 Å². The minimum atomic E-state index is -0.597. The number of rotatable bonds is 2. The summed E-state index contributed by atoms with van der Waals surface area (Å²) < 4.78 is 0. The first kappa shape index (κ1) is 14.6. The van der Waals surface area contributed by atoms with Crippen LogP contribution in [0.5, 0.6) is 0 Å². The SMILES string of the molecule is Cc1[nH]nc2c1CC(C(=O)ON1C(=O)c3ccccc3C1=O)CC2. The number of aryl methyl sites for hydroxylation is 2. The summed E-state index contributed by atoms with van der Waals surface area (Å²) in [6.07, 6.45) is 1.75. The molecule has 7 heteroatoms. The normalized spacial score (nSPS) is 19.2. The van der Waals surface area contributed by atoms with Gasteiger partial charge in [-0.2, -0.15) is 5.10 Å². The molecule has 7 nitrogen and oxygen atoms in total. The molecule has 1 N–H and O–H groups in total. The maximum atomic E-state index is 12.4. The third-order valence-corrected chi connectivity index (χ3v) is 4.61. The van der Waals surface area contributed by atoms with E-state index in [0.29, 0.717) is 24.3 Å². The number of imide groups is 1. The molecule has 1 aliphatic carbocycles. The topological polar surface area (TPSA) is 92.4 Å². The maximum Gasteiger partial charge on any atom is 0.336 e. The molecule has 2 aromatic rings. The van der Waals surface area contributed by atoms with E-state index in [4.69, 9.17) is 4.84 Å². The second-order valence-electron chi connectivity index (χ2n) is 6.07. The van der Waals surface area contributed by atoms with E-state index in [1.54, 1.807) is 24.3 Å². The van der Waals surface area contributed by atoms with Crippen LogP contribution in [0.15, 0.2) is 24.3 Å². The van der Waals surface area contributed by atoms with Gasteiger partial charge in [-0.3, -0.25) is 14.7 Å². The van der Waals surface area contributed by atoms with Gasteiger partial charge in [-0.15, -0.1) is 0 Å². The molecule has 0 saturated carbocycles. The molecule has 0 bridgehead atoms. The molecule has 1 aromatic heterocycles. The summed E-state index contributed by atoms with van der Waals surface area (Å²) in [5, 5.41) is 7.70. The highest BCUT2D eigenvalue weighted by atomic mass is 16.7. The Bertz CT molecular complexity index is 835. The molecule has 2 amide bonds. The lowest BCUT2D eigenvalue weighted by atomic mass is 9.87. The Morgan fingerprint density at radius 3 is 2.58 bits per heavy atom. The molecule has 1 aliphatic heterocycles. The van der Waals surface area contributed by atoms with Crippen LogP contribution in [0.4, 0.5) is 0 Å². The van der Waals surface area contributed by atoms with E-state index in [0.717, 1.165) is 17.0 Å². The standard InChI is InChI=1S/C17H15N3O4/c1-9-13-8-10(6-7-14(13)19-18-9)17(23)24-20-15(21)11-4-2-3-5-12(11)16(20)22/h2-5,10H,6-8H2,1H3,(H,18,19). The molecule has 1 unspecified atom stereocenters. The quantitative estimate of drug-likeness (QED) is 0.846. The van der Waals surface area contributed by atoms with E-state index in [1.807, 2.05) is 6.92 Å². The first-order valence-electron chi connectivity index (χ1n) is 7.78. The number of nitrogens with zero attached hydrogens (tertiary/aromatic N) is 2. The minimum Gasteiger partial charge on any atom is -0.329 e. The van der Waals surface area contributed by atoms with Crippen LogP contribution in [-0.2, 0) is 22.5 Å². The van der Waals surface area contributed by atoms with Gasteiger partial charge >= 0.3 is 5.97 Å². The number of hydrogen-bond donors (Lipinski definition) is 1.